The van der Waals surface area contributed by atoms with Gasteiger partial charge >= 0.3 is 5.97 Å². The highest BCUT2D eigenvalue weighted by Crippen LogP contribution is 2.26. The molecule has 0 aromatic heterocycles. The summed E-state index contributed by atoms with van der Waals surface area (Å²) in [4.78, 5) is 37.4. The van der Waals surface area contributed by atoms with Crippen molar-refractivity contribution in [3.8, 4) is 11.5 Å². The van der Waals surface area contributed by atoms with Gasteiger partial charge in [-0.1, -0.05) is 24.3 Å². The highest BCUT2D eigenvalue weighted by molar-refractivity contribution is 6.21. The second-order valence-corrected chi connectivity index (χ2v) is 6.36. The monoisotopic (exact) mass is 399 g/mol. The van der Waals surface area contributed by atoms with Crippen molar-refractivity contribution in [3.63, 3.8) is 0 Å². The van der Waals surface area contributed by atoms with Crippen LogP contribution in [0.2, 0.25) is 0 Å². The minimum absolute atomic E-state index is 0.0843. The van der Waals surface area contributed by atoms with E-state index < -0.39 is 23.9 Å². The molecule has 0 saturated heterocycles. The number of hydrogen-bond acceptors (Lipinski definition) is 7. The Balaban J connectivity index is 1.41. The Hall–Kier alpha value is -3.39. The SMILES string of the molecule is COc1ccccc1OCC(O)COC(=O)CCN1C(=O)c2ccccc2C1=O. The number of rotatable bonds is 9. The van der Waals surface area contributed by atoms with Crippen molar-refractivity contribution in [2.24, 2.45) is 0 Å². The van der Waals surface area contributed by atoms with Crippen molar-refractivity contribution in [3.05, 3.63) is 59.7 Å². The van der Waals surface area contributed by atoms with Crippen LogP contribution in [-0.2, 0) is 9.53 Å². The molecule has 1 aliphatic rings. The number of hydrogen-bond donors (Lipinski definition) is 1. The molecule has 2 amide bonds. The molecule has 1 aliphatic heterocycles. The first kappa shape index (κ1) is 20.3. The zero-order valence-corrected chi connectivity index (χ0v) is 15.9. The Kier molecular flexibility index (Phi) is 6.46. The molecule has 8 heteroatoms. The zero-order chi connectivity index (χ0) is 20.8. The Bertz CT molecular complexity index is 876. The summed E-state index contributed by atoms with van der Waals surface area (Å²) in [5, 5.41) is 9.94. The first-order valence-corrected chi connectivity index (χ1v) is 9.06. The summed E-state index contributed by atoms with van der Waals surface area (Å²) < 4.78 is 15.6. The summed E-state index contributed by atoms with van der Waals surface area (Å²) in [6.07, 6.45) is -1.20. The number of fused-ring (bicyclic) bond motifs is 1. The Labute approximate surface area is 167 Å². The minimum atomic E-state index is -1.04. The summed E-state index contributed by atoms with van der Waals surface area (Å²) >= 11 is 0. The molecule has 0 aliphatic carbocycles. The Morgan fingerprint density at radius 3 is 2.17 bits per heavy atom. The number of carbonyl (C=O) groups excluding carboxylic acids is 3. The highest BCUT2D eigenvalue weighted by Gasteiger charge is 2.35. The number of aliphatic hydroxyl groups is 1. The molecule has 1 unspecified atom stereocenters. The smallest absolute Gasteiger partial charge is 0.307 e. The second kappa shape index (κ2) is 9.20. The summed E-state index contributed by atoms with van der Waals surface area (Å²) in [6, 6.07) is 13.5. The average Bonchev–Trinajstić information content (AvgIpc) is 2.99. The molecular weight excluding hydrogens is 378 g/mol. The van der Waals surface area contributed by atoms with Gasteiger partial charge in [-0.15, -0.1) is 0 Å². The van der Waals surface area contributed by atoms with Gasteiger partial charge in [0.25, 0.3) is 11.8 Å². The van der Waals surface area contributed by atoms with Gasteiger partial charge in [0.15, 0.2) is 11.5 Å². The molecule has 29 heavy (non-hydrogen) atoms. The van der Waals surface area contributed by atoms with E-state index in [9.17, 15) is 19.5 Å². The maximum atomic E-state index is 12.2. The van der Waals surface area contributed by atoms with Crippen molar-refractivity contribution in [1.29, 1.82) is 0 Å². The van der Waals surface area contributed by atoms with Crippen molar-refractivity contribution in [1.82, 2.24) is 4.90 Å². The lowest BCUT2D eigenvalue weighted by molar-refractivity contribution is -0.147. The topological polar surface area (TPSA) is 102 Å². The average molecular weight is 399 g/mol. The second-order valence-electron chi connectivity index (χ2n) is 6.36. The maximum Gasteiger partial charge on any atom is 0.307 e. The molecule has 0 bridgehead atoms. The predicted molar refractivity (Wildman–Crippen MR) is 102 cm³/mol. The van der Waals surface area contributed by atoms with Gasteiger partial charge in [0.1, 0.15) is 19.3 Å². The molecule has 1 heterocycles. The molecular formula is C21H21NO7. The standard InChI is InChI=1S/C21H21NO7/c1-27-17-8-4-5-9-18(17)28-12-14(23)13-29-19(24)10-11-22-20(25)15-6-2-3-7-16(15)21(22)26/h2-9,14,23H,10-13H2,1H3. The summed E-state index contributed by atoms with van der Waals surface area (Å²) in [7, 11) is 1.51. The van der Waals surface area contributed by atoms with Gasteiger partial charge in [0.05, 0.1) is 24.7 Å². The Morgan fingerprint density at radius 2 is 1.55 bits per heavy atom. The van der Waals surface area contributed by atoms with Crippen LogP contribution in [0.3, 0.4) is 0 Å². The fourth-order valence-electron chi connectivity index (χ4n) is 2.88. The van der Waals surface area contributed by atoms with Gasteiger partial charge in [-0.3, -0.25) is 19.3 Å². The first-order valence-electron chi connectivity index (χ1n) is 9.06. The molecule has 1 N–H and O–H groups in total. The molecule has 3 rings (SSSR count). The van der Waals surface area contributed by atoms with Crippen LogP contribution in [0.25, 0.3) is 0 Å². The normalized spacial score (nSPS) is 13.8. The van der Waals surface area contributed by atoms with Crippen LogP contribution in [0.15, 0.2) is 48.5 Å². The summed E-state index contributed by atoms with van der Waals surface area (Å²) in [5.41, 5.74) is 0.657. The van der Waals surface area contributed by atoms with E-state index in [4.69, 9.17) is 14.2 Å². The number of aliphatic hydroxyl groups excluding tert-OH is 1. The quantitative estimate of drug-likeness (QED) is 0.505. The van der Waals surface area contributed by atoms with Crippen molar-refractivity contribution in [2.75, 3.05) is 26.9 Å². The third kappa shape index (κ3) is 4.72. The number of benzene rings is 2. The lowest BCUT2D eigenvalue weighted by Gasteiger charge is -2.16. The number of amides is 2. The molecule has 0 radical (unpaired) electrons. The predicted octanol–water partition coefficient (Wildman–Crippen LogP) is 1.66. The molecule has 152 valence electrons. The van der Waals surface area contributed by atoms with Gasteiger partial charge in [-0.25, -0.2) is 0 Å². The van der Waals surface area contributed by atoms with Gasteiger partial charge in [-0.2, -0.15) is 0 Å². The van der Waals surface area contributed by atoms with E-state index in [0.29, 0.717) is 22.6 Å². The van der Waals surface area contributed by atoms with Crippen LogP contribution in [-0.4, -0.2) is 60.8 Å². The molecule has 1 atom stereocenters. The first-order chi connectivity index (χ1) is 14.0. The summed E-state index contributed by atoms with van der Waals surface area (Å²) in [6.45, 7) is -0.443. The fourth-order valence-corrected chi connectivity index (χ4v) is 2.88. The van der Waals surface area contributed by atoms with Crippen LogP contribution in [0.4, 0.5) is 0 Å². The number of ether oxygens (including phenoxy) is 3. The molecule has 2 aromatic rings. The third-order valence-electron chi connectivity index (χ3n) is 4.35. The van der Waals surface area contributed by atoms with E-state index in [0.717, 1.165) is 4.90 Å². The third-order valence-corrected chi connectivity index (χ3v) is 4.35. The maximum absolute atomic E-state index is 12.2. The lowest BCUT2D eigenvalue weighted by atomic mass is 10.1. The van der Waals surface area contributed by atoms with Gasteiger partial charge < -0.3 is 19.3 Å². The van der Waals surface area contributed by atoms with Crippen molar-refractivity contribution in [2.45, 2.75) is 12.5 Å². The van der Waals surface area contributed by atoms with Crippen LogP contribution >= 0.6 is 0 Å². The Morgan fingerprint density at radius 1 is 0.966 bits per heavy atom. The van der Waals surface area contributed by atoms with E-state index in [-0.39, 0.29) is 26.2 Å². The highest BCUT2D eigenvalue weighted by atomic mass is 16.6. The number of para-hydroxylation sites is 2. The van der Waals surface area contributed by atoms with Crippen molar-refractivity contribution < 1.29 is 33.7 Å². The molecule has 0 fully saturated rings. The van der Waals surface area contributed by atoms with Crippen LogP contribution in [0, 0.1) is 0 Å². The minimum Gasteiger partial charge on any atom is -0.493 e. The fraction of sp³-hybridized carbons (Fsp3) is 0.286. The van der Waals surface area contributed by atoms with E-state index >= 15 is 0 Å². The number of carbonyl (C=O) groups is 3. The number of imide groups is 1. The lowest BCUT2D eigenvalue weighted by Crippen LogP contribution is -2.33. The van der Waals surface area contributed by atoms with Gasteiger partial charge in [0.2, 0.25) is 0 Å². The van der Waals surface area contributed by atoms with Gasteiger partial charge in [0, 0.05) is 6.54 Å². The van der Waals surface area contributed by atoms with E-state index in [2.05, 4.69) is 0 Å². The largest absolute Gasteiger partial charge is 0.493 e. The molecule has 0 spiro atoms. The molecule has 0 saturated carbocycles. The zero-order valence-electron chi connectivity index (χ0n) is 15.9. The van der Waals surface area contributed by atoms with Crippen LogP contribution in [0.1, 0.15) is 27.1 Å². The van der Waals surface area contributed by atoms with E-state index in [1.807, 2.05) is 0 Å². The molecule has 2 aromatic carbocycles. The van der Waals surface area contributed by atoms with E-state index in [1.54, 1.807) is 48.5 Å². The van der Waals surface area contributed by atoms with Gasteiger partial charge in [-0.05, 0) is 24.3 Å². The van der Waals surface area contributed by atoms with Crippen LogP contribution in [0.5, 0.6) is 11.5 Å². The van der Waals surface area contributed by atoms with E-state index in [1.165, 1.54) is 7.11 Å². The number of methoxy groups -OCH3 is 1. The summed E-state index contributed by atoms with van der Waals surface area (Å²) in [5.74, 6) is -0.492. The van der Waals surface area contributed by atoms with Crippen LogP contribution < -0.4 is 9.47 Å². The molecule has 8 nitrogen and oxygen atoms in total. The number of nitrogens with zero attached hydrogens (tertiary/aromatic N) is 1. The number of esters is 1. The van der Waals surface area contributed by atoms with Crippen molar-refractivity contribution >= 4 is 17.8 Å².